The number of esters is 1. The monoisotopic (exact) mass is 294 g/mol. The first-order chi connectivity index (χ1) is 10.1. The molecular weight excluding hydrogens is 268 g/mol. The Bertz CT molecular complexity index is 484. The minimum atomic E-state index is -0.418. The molecule has 1 fully saturated rings. The third-order valence-corrected chi connectivity index (χ3v) is 4.49. The lowest BCUT2D eigenvalue weighted by Gasteiger charge is -2.38. The number of hydrogen-bond donors (Lipinski definition) is 1. The summed E-state index contributed by atoms with van der Waals surface area (Å²) in [5, 5.41) is 0. The maximum absolute atomic E-state index is 11.6. The summed E-state index contributed by atoms with van der Waals surface area (Å²) in [4.78, 5) is 14.0. The van der Waals surface area contributed by atoms with E-state index in [2.05, 4.69) is 11.8 Å². The van der Waals surface area contributed by atoms with Crippen LogP contribution in [0.25, 0.3) is 0 Å². The number of rotatable bonds is 5. The molecule has 1 saturated heterocycles. The van der Waals surface area contributed by atoms with Gasteiger partial charge in [0.15, 0.2) is 0 Å². The molecule has 1 aliphatic heterocycles. The minimum absolute atomic E-state index is 0.306. The van der Waals surface area contributed by atoms with E-state index in [9.17, 15) is 4.79 Å². The van der Waals surface area contributed by atoms with Gasteiger partial charge in [-0.2, -0.15) is 0 Å². The Morgan fingerprint density at radius 2 is 2.33 bits per heavy atom. The summed E-state index contributed by atoms with van der Waals surface area (Å²) in [6.07, 6.45) is 3.57. The fourth-order valence-corrected chi connectivity index (χ4v) is 3.13. The molecule has 0 aliphatic carbocycles. The number of aryl methyl sites for hydroxylation is 1. The highest BCUT2D eigenvalue weighted by Crippen LogP contribution is 2.27. The van der Waals surface area contributed by atoms with Crippen molar-refractivity contribution in [2.45, 2.75) is 45.7 Å². The normalized spacial score (nSPS) is 23.2. The van der Waals surface area contributed by atoms with Crippen LogP contribution in [0.5, 0.6) is 0 Å². The topological polar surface area (TPSA) is 68.7 Å². The summed E-state index contributed by atoms with van der Waals surface area (Å²) < 4.78 is 10.4. The number of ether oxygens (including phenoxy) is 1. The molecule has 1 aromatic rings. The molecule has 0 bridgehead atoms. The van der Waals surface area contributed by atoms with E-state index < -0.39 is 5.97 Å². The molecule has 2 atom stereocenters. The number of nitrogens with two attached hydrogens (primary N) is 1. The van der Waals surface area contributed by atoms with Crippen LogP contribution >= 0.6 is 0 Å². The Hall–Kier alpha value is -1.33. The molecule has 2 heterocycles. The molecule has 0 radical (unpaired) electrons. The molecule has 0 spiro atoms. The van der Waals surface area contributed by atoms with Crippen LogP contribution in [-0.4, -0.2) is 37.1 Å². The van der Waals surface area contributed by atoms with Crippen LogP contribution < -0.4 is 5.73 Å². The van der Waals surface area contributed by atoms with Gasteiger partial charge < -0.3 is 14.9 Å². The van der Waals surface area contributed by atoms with E-state index >= 15 is 0 Å². The Morgan fingerprint density at radius 1 is 1.57 bits per heavy atom. The van der Waals surface area contributed by atoms with Gasteiger partial charge in [-0.1, -0.05) is 13.3 Å². The van der Waals surface area contributed by atoms with Gasteiger partial charge in [0.05, 0.1) is 13.7 Å². The lowest BCUT2D eigenvalue weighted by molar-refractivity contribution is 0.0555. The molecule has 0 aromatic carbocycles. The van der Waals surface area contributed by atoms with Gasteiger partial charge in [-0.25, -0.2) is 4.79 Å². The standard InChI is InChI=1S/C16H26N2O3/c1-4-12-5-6-18(13(8-12)9-17)10-14-7-11(2)15(21-14)16(19)20-3/h7,12-13H,4-6,8-10,17H2,1-3H3. The van der Waals surface area contributed by atoms with Crippen LogP contribution in [0, 0.1) is 12.8 Å². The van der Waals surface area contributed by atoms with E-state index in [1.165, 1.54) is 20.0 Å². The van der Waals surface area contributed by atoms with Crippen LogP contribution in [-0.2, 0) is 11.3 Å². The summed E-state index contributed by atoms with van der Waals surface area (Å²) in [5.41, 5.74) is 6.75. The zero-order chi connectivity index (χ0) is 15.4. The number of carbonyl (C=O) groups excluding carboxylic acids is 1. The second kappa shape index (κ2) is 7.09. The van der Waals surface area contributed by atoms with Gasteiger partial charge in [-0.05, 0) is 38.3 Å². The summed E-state index contributed by atoms with van der Waals surface area (Å²) in [5.74, 6) is 1.47. The number of piperidine rings is 1. The van der Waals surface area contributed by atoms with Crippen molar-refractivity contribution in [1.29, 1.82) is 0 Å². The first kappa shape index (κ1) is 16.0. The Balaban J connectivity index is 2.05. The van der Waals surface area contributed by atoms with Crippen molar-refractivity contribution in [3.8, 4) is 0 Å². The average Bonchev–Trinajstić information content (AvgIpc) is 2.87. The molecule has 0 amide bonds. The van der Waals surface area contributed by atoms with E-state index in [0.29, 0.717) is 24.9 Å². The Kier molecular flexibility index (Phi) is 5.42. The van der Waals surface area contributed by atoms with Gasteiger partial charge in [0.1, 0.15) is 5.76 Å². The van der Waals surface area contributed by atoms with Crippen molar-refractivity contribution in [1.82, 2.24) is 4.90 Å². The summed E-state index contributed by atoms with van der Waals surface area (Å²) in [7, 11) is 1.37. The van der Waals surface area contributed by atoms with Crippen LogP contribution in [0.3, 0.4) is 0 Å². The maximum Gasteiger partial charge on any atom is 0.374 e. The highest BCUT2D eigenvalue weighted by molar-refractivity contribution is 5.87. The molecule has 1 aliphatic rings. The fourth-order valence-electron chi connectivity index (χ4n) is 3.13. The zero-order valence-corrected chi connectivity index (χ0v) is 13.2. The highest BCUT2D eigenvalue weighted by atomic mass is 16.5. The third kappa shape index (κ3) is 3.66. The largest absolute Gasteiger partial charge is 0.463 e. The van der Waals surface area contributed by atoms with Gasteiger partial charge in [0.25, 0.3) is 0 Å². The van der Waals surface area contributed by atoms with Crippen molar-refractivity contribution in [2.75, 3.05) is 20.2 Å². The first-order valence-electron chi connectivity index (χ1n) is 7.70. The van der Waals surface area contributed by atoms with Crippen LogP contribution in [0.15, 0.2) is 10.5 Å². The van der Waals surface area contributed by atoms with E-state index in [-0.39, 0.29) is 0 Å². The van der Waals surface area contributed by atoms with Crippen LogP contribution in [0.1, 0.15) is 48.1 Å². The second-order valence-electron chi connectivity index (χ2n) is 5.88. The molecule has 5 nitrogen and oxygen atoms in total. The van der Waals surface area contributed by atoms with E-state index in [4.69, 9.17) is 14.9 Å². The lowest BCUT2D eigenvalue weighted by atomic mass is 9.89. The van der Waals surface area contributed by atoms with Crippen molar-refractivity contribution in [2.24, 2.45) is 11.7 Å². The highest BCUT2D eigenvalue weighted by Gasteiger charge is 2.28. The zero-order valence-electron chi connectivity index (χ0n) is 13.2. The Labute approximate surface area is 126 Å². The molecule has 21 heavy (non-hydrogen) atoms. The van der Waals surface area contributed by atoms with Gasteiger partial charge in [-0.15, -0.1) is 0 Å². The Morgan fingerprint density at radius 3 is 2.95 bits per heavy atom. The summed E-state index contributed by atoms with van der Waals surface area (Å²) >= 11 is 0. The van der Waals surface area contributed by atoms with Crippen LogP contribution in [0.4, 0.5) is 0 Å². The maximum atomic E-state index is 11.6. The van der Waals surface area contributed by atoms with Crippen molar-refractivity contribution in [3.63, 3.8) is 0 Å². The number of methoxy groups -OCH3 is 1. The van der Waals surface area contributed by atoms with Crippen LogP contribution in [0.2, 0.25) is 0 Å². The van der Waals surface area contributed by atoms with Gasteiger partial charge in [0, 0.05) is 18.2 Å². The SMILES string of the molecule is CCC1CCN(Cc2cc(C)c(C(=O)OC)o2)C(CN)C1. The first-order valence-corrected chi connectivity index (χ1v) is 7.70. The number of furan rings is 1. The third-order valence-electron chi connectivity index (χ3n) is 4.49. The van der Waals surface area contributed by atoms with E-state index in [0.717, 1.165) is 30.2 Å². The van der Waals surface area contributed by atoms with Crippen molar-refractivity contribution in [3.05, 3.63) is 23.2 Å². The molecule has 1 aromatic heterocycles. The number of hydrogen-bond acceptors (Lipinski definition) is 5. The van der Waals surface area contributed by atoms with Gasteiger partial charge >= 0.3 is 5.97 Å². The van der Waals surface area contributed by atoms with Gasteiger partial charge in [0.2, 0.25) is 5.76 Å². The lowest BCUT2D eigenvalue weighted by Crippen LogP contribution is -2.45. The molecular formula is C16H26N2O3. The fraction of sp³-hybridized carbons (Fsp3) is 0.688. The molecule has 2 unspecified atom stereocenters. The molecule has 5 heteroatoms. The van der Waals surface area contributed by atoms with Crippen molar-refractivity contribution >= 4 is 5.97 Å². The summed E-state index contributed by atoms with van der Waals surface area (Å²) in [6.45, 7) is 6.51. The number of likely N-dealkylation sites (tertiary alicyclic amines) is 1. The van der Waals surface area contributed by atoms with Crippen molar-refractivity contribution < 1.29 is 13.9 Å². The quantitative estimate of drug-likeness (QED) is 0.844. The summed E-state index contributed by atoms with van der Waals surface area (Å²) in [6, 6.07) is 2.32. The molecule has 2 N–H and O–H groups in total. The molecule has 2 rings (SSSR count). The molecule has 0 saturated carbocycles. The smallest absolute Gasteiger partial charge is 0.374 e. The second-order valence-corrected chi connectivity index (χ2v) is 5.88. The minimum Gasteiger partial charge on any atom is -0.463 e. The predicted octanol–water partition coefficient (Wildman–Crippen LogP) is 2.32. The van der Waals surface area contributed by atoms with E-state index in [1.807, 2.05) is 13.0 Å². The average molecular weight is 294 g/mol. The number of carbonyl (C=O) groups is 1. The van der Waals surface area contributed by atoms with E-state index in [1.54, 1.807) is 0 Å². The van der Waals surface area contributed by atoms with Gasteiger partial charge in [-0.3, -0.25) is 4.90 Å². The number of nitrogens with zero attached hydrogens (tertiary/aromatic N) is 1. The molecule has 118 valence electrons. The predicted molar refractivity (Wildman–Crippen MR) is 81.1 cm³/mol.